The fourth-order valence-corrected chi connectivity index (χ4v) is 3.24. The van der Waals surface area contributed by atoms with Gasteiger partial charge in [0.1, 0.15) is 0 Å². The van der Waals surface area contributed by atoms with Crippen LogP contribution < -0.4 is 4.72 Å². The molecule has 7 nitrogen and oxygen atoms in total. The molecular weight excluding hydrogens is 393 g/mol. The van der Waals surface area contributed by atoms with Crippen molar-refractivity contribution in [2.45, 2.75) is 26.4 Å². The van der Waals surface area contributed by atoms with Crippen LogP contribution in [0, 0.1) is 0 Å². The minimum atomic E-state index is -3.77. The Morgan fingerprint density at radius 2 is 1.84 bits per heavy atom. The van der Waals surface area contributed by atoms with Crippen molar-refractivity contribution in [2.75, 3.05) is 5.75 Å². The van der Waals surface area contributed by atoms with Crippen molar-refractivity contribution in [1.29, 1.82) is 0 Å². The van der Waals surface area contributed by atoms with E-state index in [4.69, 9.17) is 32.7 Å². The van der Waals surface area contributed by atoms with Crippen molar-refractivity contribution in [1.82, 2.24) is 4.72 Å². The molecule has 0 saturated heterocycles. The van der Waals surface area contributed by atoms with Crippen LogP contribution in [-0.2, 0) is 34.7 Å². The van der Waals surface area contributed by atoms with Crippen LogP contribution >= 0.6 is 23.2 Å². The standard InChI is InChI=1S/C15H15Cl2NO6S/c1-4-25(21,22)18-14-12(23-8(2)19)13(20)15(3,24-14)9-5-10(16)7-11(17)6-9/h5-7,18H,4H2,1-3H3. The minimum absolute atomic E-state index is 0.261. The van der Waals surface area contributed by atoms with Crippen LogP contribution in [0.2, 0.25) is 10.0 Å². The predicted molar refractivity (Wildman–Crippen MR) is 91.3 cm³/mol. The number of benzene rings is 1. The molecule has 1 N–H and O–H groups in total. The van der Waals surface area contributed by atoms with Gasteiger partial charge in [0.25, 0.3) is 5.78 Å². The number of carbonyl (C=O) groups is 2. The Kier molecular flexibility index (Phi) is 5.36. The van der Waals surface area contributed by atoms with E-state index in [0.29, 0.717) is 0 Å². The third-order valence-electron chi connectivity index (χ3n) is 3.44. The first kappa shape index (κ1) is 19.6. The summed E-state index contributed by atoms with van der Waals surface area (Å²) >= 11 is 11.9. The first-order valence-corrected chi connectivity index (χ1v) is 9.53. The molecule has 0 bridgehead atoms. The second kappa shape index (κ2) is 6.86. The van der Waals surface area contributed by atoms with Crippen molar-refractivity contribution in [3.63, 3.8) is 0 Å². The van der Waals surface area contributed by atoms with Crippen LogP contribution in [0.4, 0.5) is 0 Å². The lowest BCUT2D eigenvalue weighted by molar-refractivity contribution is -0.142. The zero-order valence-electron chi connectivity index (χ0n) is 13.6. The number of hydrogen-bond donors (Lipinski definition) is 1. The van der Waals surface area contributed by atoms with E-state index in [2.05, 4.69) is 4.72 Å². The summed E-state index contributed by atoms with van der Waals surface area (Å²) in [5, 5.41) is 0.522. The van der Waals surface area contributed by atoms with Crippen LogP contribution in [-0.4, -0.2) is 25.9 Å². The Hall–Kier alpha value is -1.77. The molecule has 1 aromatic carbocycles. The van der Waals surface area contributed by atoms with Crippen molar-refractivity contribution < 1.29 is 27.5 Å². The average molecular weight is 408 g/mol. The lowest BCUT2D eigenvalue weighted by atomic mass is 9.91. The van der Waals surface area contributed by atoms with Gasteiger partial charge in [-0.3, -0.25) is 14.3 Å². The fraction of sp³-hybridized carbons (Fsp3) is 0.333. The second-order valence-corrected chi connectivity index (χ2v) is 8.26. The largest absolute Gasteiger partial charge is 0.456 e. The number of carbonyl (C=O) groups excluding carboxylic acids is 2. The summed E-state index contributed by atoms with van der Waals surface area (Å²) in [5.41, 5.74) is -1.38. The van der Waals surface area contributed by atoms with Gasteiger partial charge in [0, 0.05) is 22.5 Å². The van der Waals surface area contributed by atoms with E-state index in [9.17, 15) is 18.0 Å². The van der Waals surface area contributed by atoms with Gasteiger partial charge >= 0.3 is 5.97 Å². The number of rotatable bonds is 5. The number of Topliss-reactive ketones (excluding diaryl/α,β-unsaturated/α-hetero) is 1. The molecule has 0 aromatic heterocycles. The maximum absolute atomic E-state index is 12.8. The van der Waals surface area contributed by atoms with Gasteiger partial charge in [0.15, 0.2) is 5.60 Å². The molecule has 0 fully saturated rings. The maximum atomic E-state index is 12.8. The molecule has 1 heterocycles. The molecule has 1 unspecified atom stereocenters. The van der Waals surface area contributed by atoms with E-state index >= 15 is 0 Å². The topological polar surface area (TPSA) is 98.8 Å². The average Bonchev–Trinajstić information content (AvgIpc) is 2.71. The zero-order chi connectivity index (χ0) is 19.0. The number of ether oxygens (including phenoxy) is 2. The van der Waals surface area contributed by atoms with Gasteiger partial charge in [0.2, 0.25) is 21.7 Å². The molecule has 0 amide bonds. The zero-order valence-corrected chi connectivity index (χ0v) is 15.9. The Bertz CT molecular complexity index is 860. The molecule has 25 heavy (non-hydrogen) atoms. The number of ketones is 1. The van der Waals surface area contributed by atoms with E-state index in [0.717, 1.165) is 6.92 Å². The highest BCUT2D eigenvalue weighted by molar-refractivity contribution is 7.89. The van der Waals surface area contributed by atoms with Crippen molar-refractivity contribution in [3.05, 3.63) is 45.5 Å². The normalized spacial score (nSPS) is 20.4. The highest BCUT2D eigenvalue weighted by Crippen LogP contribution is 2.40. The molecule has 1 aliphatic rings. The van der Waals surface area contributed by atoms with Gasteiger partial charge in [-0.2, -0.15) is 0 Å². The molecular formula is C15H15Cl2NO6S. The third kappa shape index (κ3) is 4.08. The van der Waals surface area contributed by atoms with E-state index in [1.54, 1.807) is 0 Å². The summed E-state index contributed by atoms with van der Waals surface area (Å²) in [6.07, 6.45) is 0. The summed E-state index contributed by atoms with van der Waals surface area (Å²) in [6, 6.07) is 4.37. The quantitative estimate of drug-likeness (QED) is 0.752. The van der Waals surface area contributed by atoms with Gasteiger partial charge in [0.05, 0.1) is 5.75 Å². The highest BCUT2D eigenvalue weighted by Gasteiger charge is 2.50. The van der Waals surface area contributed by atoms with Crippen molar-refractivity contribution in [2.24, 2.45) is 0 Å². The minimum Gasteiger partial charge on any atom is -0.456 e. The van der Waals surface area contributed by atoms with Gasteiger partial charge in [-0.25, -0.2) is 8.42 Å². The summed E-state index contributed by atoms with van der Waals surface area (Å²) in [4.78, 5) is 24.1. The second-order valence-electron chi connectivity index (χ2n) is 5.38. The molecule has 136 valence electrons. The Labute approximate surface area is 154 Å². The molecule has 2 rings (SSSR count). The smallest absolute Gasteiger partial charge is 0.308 e. The monoisotopic (exact) mass is 407 g/mol. The Morgan fingerprint density at radius 1 is 1.28 bits per heavy atom. The van der Waals surface area contributed by atoms with E-state index in [-0.39, 0.29) is 21.4 Å². The number of nitrogens with one attached hydrogen (secondary N) is 1. The van der Waals surface area contributed by atoms with Crippen molar-refractivity contribution in [3.8, 4) is 0 Å². The van der Waals surface area contributed by atoms with E-state index in [1.165, 1.54) is 32.0 Å². The number of halogens is 2. The molecule has 1 atom stereocenters. The first-order chi connectivity index (χ1) is 11.5. The third-order valence-corrected chi connectivity index (χ3v) is 5.13. The molecule has 1 aromatic rings. The predicted octanol–water partition coefficient (Wildman–Crippen LogP) is 2.48. The maximum Gasteiger partial charge on any atom is 0.308 e. The van der Waals surface area contributed by atoms with Crippen LogP contribution in [0.5, 0.6) is 0 Å². The summed E-state index contributed by atoms with van der Waals surface area (Å²) < 4.78 is 36.2. The lowest BCUT2D eigenvalue weighted by Gasteiger charge is -2.24. The lowest BCUT2D eigenvalue weighted by Crippen LogP contribution is -2.32. The molecule has 1 aliphatic heterocycles. The van der Waals surface area contributed by atoms with Crippen LogP contribution in [0.25, 0.3) is 0 Å². The van der Waals surface area contributed by atoms with Gasteiger partial charge in [-0.1, -0.05) is 23.2 Å². The summed E-state index contributed by atoms with van der Waals surface area (Å²) in [7, 11) is -3.77. The number of sulfonamides is 1. The van der Waals surface area contributed by atoms with Gasteiger partial charge in [-0.05, 0) is 32.0 Å². The Morgan fingerprint density at radius 3 is 2.32 bits per heavy atom. The van der Waals surface area contributed by atoms with E-state index in [1.807, 2.05) is 0 Å². The Balaban J connectivity index is 2.52. The highest BCUT2D eigenvalue weighted by atomic mass is 35.5. The van der Waals surface area contributed by atoms with Crippen LogP contribution in [0.3, 0.4) is 0 Å². The molecule has 0 radical (unpaired) electrons. The fourth-order valence-electron chi connectivity index (χ4n) is 2.15. The summed E-state index contributed by atoms with van der Waals surface area (Å²) in [6.45, 7) is 3.88. The molecule has 0 aliphatic carbocycles. The van der Waals surface area contributed by atoms with E-state index < -0.39 is 39.0 Å². The molecule has 10 heteroatoms. The van der Waals surface area contributed by atoms with Crippen LogP contribution in [0.1, 0.15) is 26.3 Å². The first-order valence-electron chi connectivity index (χ1n) is 7.12. The van der Waals surface area contributed by atoms with Crippen LogP contribution in [0.15, 0.2) is 29.8 Å². The van der Waals surface area contributed by atoms with Crippen molar-refractivity contribution >= 4 is 45.0 Å². The van der Waals surface area contributed by atoms with Gasteiger partial charge in [-0.15, -0.1) is 0 Å². The molecule has 0 spiro atoms. The number of hydrogen-bond acceptors (Lipinski definition) is 6. The molecule has 0 saturated carbocycles. The van der Waals surface area contributed by atoms with Gasteiger partial charge < -0.3 is 9.47 Å². The number of esters is 1. The summed E-state index contributed by atoms with van der Waals surface area (Å²) in [5.74, 6) is -2.78. The SMILES string of the molecule is CCS(=O)(=O)NC1=C(OC(C)=O)C(=O)C(C)(c2cc(Cl)cc(Cl)c2)O1.